The first-order valence-corrected chi connectivity index (χ1v) is 13.0. The molecule has 0 radical (unpaired) electrons. The number of amides is 2. The second kappa shape index (κ2) is 8.84. The number of nitrogens with two attached hydrogens (primary N) is 1. The van der Waals surface area contributed by atoms with E-state index in [1.54, 1.807) is 23.1 Å². The van der Waals surface area contributed by atoms with Gasteiger partial charge < -0.3 is 10.6 Å². The van der Waals surface area contributed by atoms with Crippen molar-refractivity contribution in [3.8, 4) is 0 Å². The Balaban J connectivity index is 1.43. The van der Waals surface area contributed by atoms with Gasteiger partial charge in [0, 0.05) is 31.7 Å². The normalized spacial score (nSPS) is 20.8. The summed E-state index contributed by atoms with van der Waals surface area (Å²) in [5, 5.41) is 5.98. The van der Waals surface area contributed by atoms with Gasteiger partial charge in [0.25, 0.3) is 5.91 Å². The van der Waals surface area contributed by atoms with Gasteiger partial charge in [0.05, 0.1) is 10.6 Å². The van der Waals surface area contributed by atoms with Crippen molar-refractivity contribution in [3.05, 3.63) is 54.1 Å². The summed E-state index contributed by atoms with van der Waals surface area (Å²) in [4.78, 5) is 27.5. The molecule has 2 amide bonds. The first-order chi connectivity index (χ1) is 16.4. The number of anilines is 2. The third kappa shape index (κ3) is 3.97. The Hall–Kier alpha value is -3.24. The predicted molar refractivity (Wildman–Crippen MR) is 129 cm³/mol. The van der Waals surface area contributed by atoms with Gasteiger partial charge in [0.2, 0.25) is 15.9 Å². The van der Waals surface area contributed by atoms with Gasteiger partial charge in [0.1, 0.15) is 11.8 Å². The summed E-state index contributed by atoms with van der Waals surface area (Å²) >= 11 is 0. The average molecular weight is 482 g/mol. The number of primary amides is 1. The molecule has 10 heteroatoms. The van der Waals surface area contributed by atoms with Crippen LogP contribution in [0.4, 0.5) is 11.4 Å². The number of hydrazone groups is 1. The Morgan fingerprint density at radius 2 is 1.71 bits per heavy atom. The lowest BCUT2D eigenvalue weighted by Crippen LogP contribution is -2.42. The van der Waals surface area contributed by atoms with Crippen LogP contribution in [0.2, 0.25) is 0 Å². The van der Waals surface area contributed by atoms with Gasteiger partial charge in [-0.3, -0.25) is 14.6 Å². The molecule has 3 aliphatic heterocycles. The standard InChI is InChI=1S/C24H27N5O4S/c25-23(30)22-16-20(26-29(22)18-8-2-1-3-9-18)24(31)28-14-6-7-17-15-19(10-11-21(17)28)34(32,33)27-12-4-5-13-27/h1-3,8-11,15,22H,4-7,12-14,16H2,(H2,25,30). The summed E-state index contributed by atoms with van der Waals surface area (Å²) < 4.78 is 27.5. The van der Waals surface area contributed by atoms with E-state index in [1.807, 2.05) is 30.3 Å². The number of carbonyl (C=O) groups is 2. The molecule has 9 nitrogen and oxygen atoms in total. The van der Waals surface area contributed by atoms with Crippen LogP contribution in [-0.4, -0.2) is 55.9 Å². The zero-order valence-corrected chi connectivity index (χ0v) is 19.6. The maximum atomic E-state index is 13.5. The summed E-state index contributed by atoms with van der Waals surface area (Å²) in [5.41, 5.74) is 8.07. The number of carbonyl (C=O) groups excluding carboxylic acids is 2. The van der Waals surface area contributed by atoms with E-state index < -0.39 is 22.0 Å². The highest BCUT2D eigenvalue weighted by molar-refractivity contribution is 7.89. The Morgan fingerprint density at radius 3 is 2.41 bits per heavy atom. The van der Waals surface area contributed by atoms with Gasteiger partial charge in [-0.1, -0.05) is 18.2 Å². The van der Waals surface area contributed by atoms with Crippen LogP contribution in [-0.2, 0) is 26.0 Å². The molecule has 1 saturated heterocycles. The van der Waals surface area contributed by atoms with E-state index in [4.69, 9.17) is 5.73 Å². The molecule has 1 atom stereocenters. The highest BCUT2D eigenvalue weighted by Crippen LogP contribution is 2.33. The van der Waals surface area contributed by atoms with Crippen molar-refractivity contribution in [3.63, 3.8) is 0 Å². The van der Waals surface area contributed by atoms with E-state index in [0.717, 1.165) is 18.4 Å². The molecule has 5 rings (SSSR count). The zero-order valence-electron chi connectivity index (χ0n) is 18.8. The van der Waals surface area contributed by atoms with E-state index >= 15 is 0 Å². The highest BCUT2D eigenvalue weighted by atomic mass is 32.2. The lowest BCUT2D eigenvalue weighted by molar-refractivity contribution is -0.119. The summed E-state index contributed by atoms with van der Waals surface area (Å²) in [6.07, 6.45) is 3.27. The molecular weight excluding hydrogens is 454 g/mol. The summed E-state index contributed by atoms with van der Waals surface area (Å²) in [7, 11) is -3.53. The average Bonchev–Trinajstić information content (AvgIpc) is 3.54. The molecule has 0 aromatic heterocycles. The minimum atomic E-state index is -3.53. The second-order valence-electron chi connectivity index (χ2n) is 8.81. The van der Waals surface area contributed by atoms with Gasteiger partial charge in [-0.15, -0.1) is 0 Å². The monoisotopic (exact) mass is 481 g/mol. The number of hydrogen-bond acceptors (Lipinski definition) is 6. The highest BCUT2D eigenvalue weighted by Gasteiger charge is 2.38. The molecule has 2 aromatic carbocycles. The van der Waals surface area contributed by atoms with Gasteiger partial charge in [0.15, 0.2) is 0 Å². The van der Waals surface area contributed by atoms with E-state index in [-0.39, 0.29) is 22.9 Å². The maximum absolute atomic E-state index is 13.5. The minimum absolute atomic E-state index is 0.121. The van der Waals surface area contributed by atoms with E-state index in [2.05, 4.69) is 5.10 Å². The third-order valence-corrected chi connectivity index (χ3v) is 8.52. The summed E-state index contributed by atoms with van der Waals surface area (Å²) in [6, 6.07) is 13.4. The number of sulfonamides is 1. The number of nitrogens with zero attached hydrogens (tertiary/aromatic N) is 4. The molecule has 2 aromatic rings. The van der Waals surface area contributed by atoms with Crippen molar-refractivity contribution in [2.45, 2.75) is 43.0 Å². The quantitative estimate of drug-likeness (QED) is 0.700. The maximum Gasteiger partial charge on any atom is 0.274 e. The topological polar surface area (TPSA) is 116 Å². The largest absolute Gasteiger partial charge is 0.368 e. The van der Waals surface area contributed by atoms with Gasteiger partial charge in [-0.05, 0) is 61.6 Å². The molecule has 34 heavy (non-hydrogen) atoms. The fourth-order valence-electron chi connectivity index (χ4n) is 4.86. The molecule has 0 bridgehead atoms. The Morgan fingerprint density at radius 1 is 0.971 bits per heavy atom. The molecule has 0 spiro atoms. The molecule has 1 fully saturated rings. The lowest BCUT2D eigenvalue weighted by Gasteiger charge is -2.30. The van der Waals surface area contributed by atoms with Gasteiger partial charge in [-0.2, -0.15) is 9.41 Å². The number of aryl methyl sites for hydroxylation is 1. The van der Waals surface area contributed by atoms with Gasteiger partial charge in [-0.25, -0.2) is 8.42 Å². The molecule has 0 saturated carbocycles. The van der Waals surface area contributed by atoms with Crippen LogP contribution in [0, 0.1) is 0 Å². The second-order valence-corrected chi connectivity index (χ2v) is 10.7. The molecule has 2 N–H and O–H groups in total. The number of rotatable bonds is 5. The molecular formula is C24H27N5O4S. The Labute approximate surface area is 198 Å². The minimum Gasteiger partial charge on any atom is -0.368 e. The molecule has 3 heterocycles. The fraction of sp³-hybridized carbons (Fsp3) is 0.375. The van der Waals surface area contributed by atoms with Crippen LogP contribution in [0.1, 0.15) is 31.2 Å². The van der Waals surface area contributed by atoms with E-state index in [0.29, 0.717) is 43.9 Å². The van der Waals surface area contributed by atoms with Crippen LogP contribution >= 0.6 is 0 Å². The van der Waals surface area contributed by atoms with Crippen LogP contribution in [0.5, 0.6) is 0 Å². The first-order valence-electron chi connectivity index (χ1n) is 11.5. The summed E-state index contributed by atoms with van der Waals surface area (Å²) in [5.74, 6) is -0.841. The first kappa shape index (κ1) is 22.5. The van der Waals surface area contributed by atoms with E-state index in [9.17, 15) is 18.0 Å². The fourth-order valence-corrected chi connectivity index (χ4v) is 6.43. The third-order valence-electron chi connectivity index (χ3n) is 6.62. The molecule has 1 unspecified atom stereocenters. The number of benzene rings is 2. The van der Waals surface area contributed by atoms with Crippen molar-refractivity contribution in [2.24, 2.45) is 10.8 Å². The predicted octanol–water partition coefficient (Wildman–Crippen LogP) is 1.87. The number of para-hydroxylation sites is 1. The molecule has 0 aliphatic carbocycles. The Kier molecular flexibility index (Phi) is 5.86. The van der Waals surface area contributed by atoms with Gasteiger partial charge >= 0.3 is 0 Å². The SMILES string of the molecule is NC(=O)C1CC(C(=O)N2CCCc3cc(S(=O)(=O)N4CCCC4)ccc32)=NN1c1ccccc1. The lowest BCUT2D eigenvalue weighted by atomic mass is 10.0. The van der Waals surface area contributed by atoms with Crippen molar-refractivity contribution in [2.75, 3.05) is 29.5 Å². The van der Waals surface area contributed by atoms with Crippen LogP contribution < -0.4 is 15.6 Å². The van der Waals surface area contributed by atoms with Crippen molar-refractivity contribution >= 4 is 38.9 Å². The smallest absolute Gasteiger partial charge is 0.274 e. The summed E-state index contributed by atoms with van der Waals surface area (Å²) in [6.45, 7) is 1.58. The van der Waals surface area contributed by atoms with Crippen LogP contribution in [0.25, 0.3) is 0 Å². The van der Waals surface area contributed by atoms with Crippen molar-refractivity contribution in [1.82, 2.24) is 4.31 Å². The van der Waals surface area contributed by atoms with Crippen molar-refractivity contribution < 1.29 is 18.0 Å². The van der Waals surface area contributed by atoms with Crippen LogP contribution in [0.3, 0.4) is 0 Å². The van der Waals surface area contributed by atoms with E-state index in [1.165, 1.54) is 9.31 Å². The molecule has 3 aliphatic rings. The van der Waals surface area contributed by atoms with Crippen LogP contribution in [0.15, 0.2) is 58.5 Å². The van der Waals surface area contributed by atoms with Crippen molar-refractivity contribution in [1.29, 1.82) is 0 Å². The Bertz CT molecular complexity index is 1260. The molecule has 178 valence electrons. The number of fused-ring (bicyclic) bond motifs is 1. The zero-order chi connectivity index (χ0) is 23.9. The number of hydrogen-bond donors (Lipinski definition) is 1.